The lowest BCUT2D eigenvalue weighted by Gasteiger charge is -2.22. The number of carbonyl (C=O) groups is 2. The first-order chi connectivity index (χ1) is 46.0. The fourth-order valence-corrected chi connectivity index (χ4v) is 14.2. The fraction of sp³-hybridized carbons (Fsp3) is 0.954. The molecule has 2 unspecified atom stereocenters. The Labute approximate surface area is 584 Å². The van der Waals surface area contributed by atoms with Crippen LogP contribution in [0.4, 0.5) is 0 Å². The van der Waals surface area contributed by atoms with Crippen LogP contribution in [0.3, 0.4) is 0 Å². The summed E-state index contributed by atoms with van der Waals surface area (Å²) in [6.07, 6.45) is 106. The minimum absolute atomic E-state index is 0.0246. The lowest BCUT2D eigenvalue weighted by atomic mass is 10.0. The Hall–Kier alpha value is -1.40. The first kappa shape index (κ1) is 91.6. The van der Waals surface area contributed by atoms with Crippen LogP contribution >= 0.6 is 0 Å². The van der Waals surface area contributed by atoms with Crippen LogP contribution in [0.15, 0.2) is 12.2 Å². The van der Waals surface area contributed by atoms with Crippen molar-refractivity contribution < 1.29 is 24.5 Å². The standard InChI is InChI=1S/C87H171NO5/c1-3-5-7-9-11-13-15-17-19-21-22-23-24-36-39-42-45-48-51-55-59-63-67-71-75-79-85(90)84(83-89)88-86(91)80-76-72-68-64-60-56-52-49-46-43-40-37-34-32-30-28-26-25-27-29-31-33-35-38-41-44-47-50-54-58-62-66-70-74-78-82-93-87(92)81-77-73-69-65-61-57-53-20-18-16-14-12-10-8-6-4-2/h27,29,84-85,89-90H,3-26,28,30-83H2,1-2H3,(H,88,91)/b29-27-. The molecular weight excluding hydrogens is 1140 g/mol. The van der Waals surface area contributed by atoms with Gasteiger partial charge in [-0.25, -0.2) is 0 Å². The lowest BCUT2D eigenvalue weighted by Crippen LogP contribution is -2.45. The van der Waals surface area contributed by atoms with Gasteiger partial charge in [0.1, 0.15) is 0 Å². The molecule has 6 heteroatoms. The first-order valence-corrected chi connectivity index (χ1v) is 43.4. The Kier molecular flexibility index (Phi) is 81.8. The number of unbranched alkanes of at least 4 members (excludes halogenated alkanes) is 70. The first-order valence-electron chi connectivity index (χ1n) is 43.4. The maximum Gasteiger partial charge on any atom is 0.305 e. The van der Waals surface area contributed by atoms with Gasteiger partial charge in [0.2, 0.25) is 5.91 Å². The quantitative estimate of drug-likeness (QED) is 0.0320. The smallest absolute Gasteiger partial charge is 0.305 e. The molecule has 0 aliphatic heterocycles. The summed E-state index contributed by atoms with van der Waals surface area (Å²) in [5, 5.41) is 23.5. The SMILES string of the molecule is CCCCCCCCCCCCCCCCCCCCCCCCCCCC(O)C(CO)NC(=O)CCCCCCCCCCCCCCCCCCC/C=C\CCCCCCCCCCCCCCCCOC(=O)CCCCCCCCCCCCCCCCCC. The maximum atomic E-state index is 12.6. The monoisotopic (exact) mass is 1310 g/mol. The highest BCUT2D eigenvalue weighted by Gasteiger charge is 2.20. The van der Waals surface area contributed by atoms with E-state index in [0.29, 0.717) is 25.9 Å². The van der Waals surface area contributed by atoms with E-state index in [0.717, 1.165) is 38.5 Å². The molecule has 3 N–H and O–H groups in total. The van der Waals surface area contributed by atoms with Crippen LogP contribution in [0, 0.1) is 0 Å². The van der Waals surface area contributed by atoms with Crippen molar-refractivity contribution in [3.8, 4) is 0 Å². The third kappa shape index (κ3) is 79.5. The molecule has 0 spiro atoms. The zero-order chi connectivity index (χ0) is 67.0. The molecule has 6 nitrogen and oxygen atoms in total. The normalized spacial score (nSPS) is 12.4. The molecule has 0 aliphatic carbocycles. The summed E-state index contributed by atoms with van der Waals surface area (Å²) in [7, 11) is 0. The summed E-state index contributed by atoms with van der Waals surface area (Å²) >= 11 is 0. The van der Waals surface area contributed by atoms with E-state index in [9.17, 15) is 19.8 Å². The Morgan fingerprint density at radius 3 is 0.763 bits per heavy atom. The maximum absolute atomic E-state index is 12.6. The van der Waals surface area contributed by atoms with Gasteiger partial charge in [0, 0.05) is 12.8 Å². The van der Waals surface area contributed by atoms with Crippen molar-refractivity contribution in [2.45, 2.75) is 520 Å². The summed E-state index contributed by atoms with van der Waals surface area (Å²) < 4.78 is 5.51. The van der Waals surface area contributed by atoms with Gasteiger partial charge in [-0.15, -0.1) is 0 Å². The van der Waals surface area contributed by atoms with Crippen molar-refractivity contribution in [2.24, 2.45) is 0 Å². The zero-order valence-corrected chi connectivity index (χ0v) is 63.8. The van der Waals surface area contributed by atoms with E-state index in [-0.39, 0.29) is 18.5 Å². The van der Waals surface area contributed by atoms with Crippen molar-refractivity contribution in [3.05, 3.63) is 12.2 Å². The molecule has 0 heterocycles. The molecule has 1 amide bonds. The van der Waals surface area contributed by atoms with E-state index in [2.05, 4.69) is 31.3 Å². The second-order valence-corrected chi connectivity index (χ2v) is 30.2. The lowest BCUT2D eigenvalue weighted by molar-refractivity contribution is -0.143. The van der Waals surface area contributed by atoms with Crippen molar-refractivity contribution in [1.82, 2.24) is 5.32 Å². The number of hydrogen-bond donors (Lipinski definition) is 3. The van der Waals surface area contributed by atoms with E-state index in [1.807, 2.05) is 0 Å². The number of allylic oxidation sites excluding steroid dienone is 2. The Balaban J connectivity index is 3.33. The molecule has 0 saturated carbocycles. The predicted octanol–water partition coefficient (Wildman–Crippen LogP) is 29.0. The summed E-state index contributed by atoms with van der Waals surface area (Å²) in [6, 6.07) is -0.540. The number of aliphatic hydroxyl groups excluding tert-OH is 2. The molecule has 0 aromatic rings. The van der Waals surface area contributed by atoms with Gasteiger partial charge < -0.3 is 20.3 Å². The fourth-order valence-electron chi connectivity index (χ4n) is 14.2. The molecule has 0 aromatic heterocycles. The van der Waals surface area contributed by atoms with Crippen LogP contribution in [0.2, 0.25) is 0 Å². The van der Waals surface area contributed by atoms with Crippen LogP contribution in [0.5, 0.6) is 0 Å². The molecule has 0 radical (unpaired) electrons. The number of carbonyl (C=O) groups excluding carboxylic acids is 2. The Morgan fingerprint density at radius 1 is 0.290 bits per heavy atom. The van der Waals surface area contributed by atoms with Gasteiger partial charge >= 0.3 is 5.97 Å². The second kappa shape index (κ2) is 83.0. The molecule has 93 heavy (non-hydrogen) atoms. The van der Waals surface area contributed by atoms with Gasteiger partial charge in [-0.2, -0.15) is 0 Å². The highest BCUT2D eigenvalue weighted by atomic mass is 16.5. The van der Waals surface area contributed by atoms with Crippen LogP contribution in [-0.2, 0) is 14.3 Å². The zero-order valence-electron chi connectivity index (χ0n) is 63.8. The highest BCUT2D eigenvalue weighted by Crippen LogP contribution is 2.21. The molecule has 0 aliphatic rings. The minimum atomic E-state index is -0.663. The summed E-state index contributed by atoms with van der Waals surface area (Å²) in [4.78, 5) is 24.7. The average molecular weight is 1310 g/mol. The number of rotatable bonds is 83. The summed E-state index contributed by atoms with van der Waals surface area (Å²) in [6.45, 7) is 5.03. The summed E-state index contributed by atoms with van der Waals surface area (Å²) in [5.74, 6) is 0.000636. The Bertz CT molecular complexity index is 1420. The van der Waals surface area contributed by atoms with Crippen LogP contribution < -0.4 is 5.32 Å². The van der Waals surface area contributed by atoms with Gasteiger partial charge in [-0.05, 0) is 51.4 Å². The summed E-state index contributed by atoms with van der Waals surface area (Å²) in [5.41, 5.74) is 0. The second-order valence-electron chi connectivity index (χ2n) is 30.2. The molecule has 0 saturated heterocycles. The Morgan fingerprint density at radius 2 is 0.505 bits per heavy atom. The number of esters is 1. The van der Waals surface area contributed by atoms with E-state index in [4.69, 9.17) is 4.74 Å². The molecule has 0 rings (SSSR count). The molecule has 0 bridgehead atoms. The third-order valence-corrected chi connectivity index (χ3v) is 20.8. The average Bonchev–Trinajstić information content (AvgIpc) is 3.70. The van der Waals surface area contributed by atoms with Crippen LogP contribution in [-0.4, -0.2) is 47.4 Å². The van der Waals surface area contributed by atoms with Gasteiger partial charge in [0.25, 0.3) is 0 Å². The predicted molar refractivity (Wildman–Crippen MR) is 412 cm³/mol. The van der Waals surface area contributed by atoms with Gasteiger partial charge in [0.15, 0.2) is 0 Å². The number of amides is 1. The van der Waals surface area contributed by atoms with Crippen molar-refractivity contribution >= 4 is 11.9 Å². The number of hydrogen-bond acceptors (Lipinski definition) is 5. The molecule has 0 aromatic carbocycles. The molecule has 2 atom stereocenters. The number of nitrogens with one attached hydrogen (secondary N) is 1. The topological polar surface area (TPSA) is 95.9 Å². The third-order valence-electron chi connectivity index (χ3n) is 20.8. The van der Waals surface area contributed by atoms with Crippen molar-refractivity contribution in [1.29, 1.82) is 0 Å². The number of ether oxygens (including phenoxy) is 1. The highest BCUT2D eigenvalue weighted by molar-refractivity contribution is 5.76. The minimum Gasteiger partial charge on any atom is -0.466 e. The van der Waals surface area contributed by atoms with Crippen molar-refractivity contribution in [2.75, 3.05) is 13.2 Å². The van der Waals surface area contributed by atoms with Crippen molar-refractivity contribution in [3.63, 3.8) is 0 Å². The van der Waals surface area contributed by atoms with E-state index < -0.39 is 12.1 Å². The number of aliphatic hydroxyl groups is 2. The van der Waals surface area contributed by atoms with Crippen LogP contribution in [0.25, 0.3) is 0 Å². The van der Waals surface area contributed by atoms with Crippen LogP contribution in [0.1, 0.15) is 508 Å². The van der Waals surface area contributed by atoms with E-state index in [1.165, 1.54) is 437 Å². The largest absolute Gasteiger partial charge is 0.466 e. The van der Waals surface area contributed by atoms with Gasteiger partial charge in [-0.3, -0.25) is 9.59 Å². The molecular formula is C87H171NO5. The molecule has 554 valence electrons. The van der Waals surface area contributed by atoms with E-state index in [1.54, 1.807) is 0 Å². The molecule has 0 fully saturated rings. The van der Waals surface area contributed by atoms with Gasteiger partial charge in [-0.1, -0.05) is 456 Å². The van der Waals surface area contributed by atoms with Gasteiger partial charge in [0.05, 0.1) is 25.4 Å². The van der Waals surface area contributed by atoms with E-state index >= 15 is 0 Å².